The van der Waals surface area contributed by atoms with Gasteiger partial charge < -0.3 is 10.2 Å². The van der Waals surface area contributed by atoms with E-state index < -0.39 is 22.2 Å². The Labute approximate surface area is 159 Å². The summed E-state index contributed by atoms with van der Waals surface area (Å²) < 4.78 is 1.11. The standard InChI is InChI=1S/C19H17N5O4/c1-12-5-7-13(8-6-12)22-11-9-14(18(22)25)20-17-16(24(27)28)19(26)23-10-3-2-4-15(23)21-17/h2-8,10,14,20H,9,11H2,1H3. The molecule has 4 rings (SSSR count). The van der Waals surface area contributed by atoms with Gasteiger partial charge in [-0.25, -0.2) is 4.98 Å². The molecule has 0 spiro atoms. The van der Waals surface area contributed by atoms with E-state index in [4.69, 9.17) is 0 Å². The van der Waals surface area contributed by atoms with Crippen molar-refractivity contribution in [2.45, 2.75) is 19.4 Å². The van der Waals surface area contributed by atoms with Crippen LogP contribution in [0.25, 0.3) is 5.65 Å². The van der Waals surface area contributed by atoms with Crippen LogP contribution in [0.4, 0.5) is 17.2 Å². The first-order valence-electron chi connectivity index (χ1n) is 8.76. The lowest BCUT2D eigenvalue weighted by Gasteiger charge is -2.17. The van der Waals surface area contributed by atoms with E-state index in [9.17, 15) is 19.7 Å². The molecule has 1 fully saturated rings. The molecule has 28 heavy (non-hydrogen) atoms. The van der Waals surface area contributed by atoms with Crippen LogP contribution >= 0.6 is 0 Å². The third-order valence-electron chi connectivity index (χ3n) is 4.76. The summed E-state index contributed by atoms with van der Waals surface area (Å²) in [7, 11) is 0. The lowest BCUT2D eigenvalue weighted by molar-refractivity contribution is -0.385. The van der Waals surface area contributed by atoms with Gasteiger partial charge in [0.05, 0.1) is 4.92 Å². The highest BCUT2D eigenvalue weighted by Crippen LogP contribution is 2.26. The van der Waals surface area contributed by atoms with E-state index in [-0.39, 0.29) is 17.4 Å². The Kier molecular flexibility index (Phi) is 4.26. The zero-order chi connectivity index (χ0) is 19.8. The molecule has 1 aliphatic heterocycles. The van der Waals surface area contributed by atoms with E-state index in [0.29, 0.717) is 13.0 Å². The van der Waals surface area contributed by atoms with Crippen molar-refractivity contribution in [3.63, 3.8) is 0 Å². The number of nitrogens with one attached hydrogen (secondary N) is 1. The molecule has 1 amide bonds. The number of anilines is 2. The maximum Gasteiger partial charge on any atom is 0.376 e. The summed E-state index contributed by atoms with van der Waals surface area (Å²) in [6, 6.07) is 11.7. The molecule has 2 aromatic heterocycles. The second-order valence-electron chi connectivity index (χ2n) is 6.61. The van der Waals surface area contributed by atoms with Gasteiger partial charge in [-0.3, -0.25) is 24.1 Å². The number of fused-ring (bicyclic) bond motifs is 1. The van der Waals surface area contributed by atoms with Crippen LogP contribution in [0.2, 0.25) is 0 Å². The van der Waals surface area contributed by atoms with Gasteiger partial charge in [0.25, 0.3) is 0 Å². The van der Waals surface area contributed by atoms with Crippen LogP contribution in [0.1, 0.15) is 12.0 Å². The van der Waals surface area contributed by atoms with Crippen molar-refractivity contribution in [3.8, 4) is 0 Å². The van der Waals surface area contributed by atoms with E-state index in [1.807, 2.05) is 31.2 Å². The van der Waals surface area contributed by atoms with Crippen molar-refractivity contribution in [1.29, 1.82) is 0 Å². The number of hydrogen-bond acceptors (Lipinski definition) is 6. The predicted octanol–water partition coefficient (Wildman–Crippen LogP) is 2.13. The van der Waals surface area contributed by atoms with Gasteiger partial charge in [0.2, 0.25) is 11.7 Å². The Morgan fingerprint density at radius 2 is 1.93 bits per heavy atom. The average molecular weight is 379 g/mol. The lowest BCUT2D eigenvalue weighted by Crippen LogP contribution is -2.34. The maximum absolute atomic E-state index is 12.8. The molecule has 3 heterocycles. The summed E-state index contributed by atoms with van der Waals surface area (Å²) in [5, 5.41) is 14.3. The van der Waals surface area contributed by atoms with Gasteiger partial charge in [-0.2, -0.15) is 0 Å². The summed E-state index contributed by atoms with van der Waals surface area (Å²) >= 11 is 0. The van der Waals surface area contributed by atoms with Crippen LogP contribution in [0, 0.1) is 17.0 Å². The van der Waals surface area contributed by atoms with Gasteiger partial charge in [-0.05, 0) is 37.6 Å². The molecule has 0 saturated carbocycles. The topological polar surface area (TPSA) is 110 Å². The first kappa shape index (κ1) is 17.7. The molecule has 1 aliphatic rings. The molecule has 9 heteroatoms. The molecular formula is C19H17N5O4. The molecule has 0 aliphatic carbocycles. The van der Waals surface area contributed by atoms with Gasteiger partial charge in [-0.1, -0.05) is 23.8 Å². The van der Waals surface area contributed by atoms with Crippen molar-refractivity contribution in [2.24, 2.45) is 0 Å². The number of benzene rings is 1. The quantitative estimate of drug-likeness (QED) is 0.549. The van der Waals surface area contributed by atoms with Crippen LogP contribution in [0.15, 0.2) is 53.5 Å². The van der Waals surface area contributed by atoms with E-state index in [1.165, 1.54) is 6.20 Å². The van der Waals surface area contributed by atoms with E-state index in [2.05, 4.69) is 10.3 Å². The van der Waals surface area contributed by atoms with Crippen molar-refractivity contribution in [1.82, 2.24) is 9.38 Å². The van der Waals surface area contributed by atoms with Gasteiger partial charge in [0.1, 0.15) is 11.7 Å². The lowest BCUT2D eigenvalue weighted by atomic mass is 10.2. The van der Waals surface area contributed by atoms with Crippen molar-refractivity contribution >= 4 is 28.7 Å². The fraction of sp³-hybridized carbons (Fsp3) is 0.211. The number of amides is 1. The zero-order valence-electron chi connectivity index (χ0n) is 15.0. The Hall–Kier alpha value is -3.75. The number of aryl methyl sites for hydroxylation is 1. The molecule has 142 valence electrons. The van der Waals surface area contributed by atoms with Crippen LogP contribution < -0.4 is 15.8 Å². The fourth-order valence-corrected chi connectivity index (χ4v) is 3.30. The zero-order valence-corrected chi connectivity index (χ0v) is 15.0. The smallest absolute Gasteiger partial charge is 0.352 e. The van der Waals surface area contributed by atoms with Crippen molar-refractivity contribution < 1.29 is 9.72 Å². The highest BCUT2D eigenvalue weighted by molar-refractivity contribution is 6.01. The highest BCUT2D eigenvalue weighted by Gasteiger charge is 2.35. The minimum atomic E-state index is -0.793. The number of nitro groups is 1. The van der Waals surface area contributed by atoms with E-state index in [0.717, 1.165) is 15.7 Å². The molecule has 0 bridgehead atoms. The summed E-state index contributed by atoms with van der Waals surface area (Å²) in [5.74, 6) is -0.404. The Balaban J connectivity index is 1.68. The van der Waals surface area contributed by atoms with Gasteiger partial charge in [-0.15, -0.1) is 0 Å². The van der Waals surface area contributed by atoms with Gasteiger partial charge in [0.15, 0.2) is 0 Å². The average Bonchev–Trinajstić information content (AvgIpc) is 3.03. The molecule has 3 aromatic rings. The number of carbonyl (C=O) groups excluding carboxylic acids is 1. The number of carbonyl (C=O) groups is 1. The SMILES string of the molecule is Cc1ccc(N2CCC(Nc3nc4ccccn4c(=O)c3[N+](=O)[O-])C2=O)cc1. The van der Waals surface area contributed by atoms with Crippen LogP contribution in [-0.4, -0.2) is 32.8 Å². The number of nitrogens with zero attached hydrogens (tertiary/aromatic N) is 4. The monoisotopic (exact) mass is 379 g/mol. The van der Waals surface area contributed by atoms with Crippen molar-refractivity contribution in [2.75, 3.05) is 16.8 Å². The third kappa shape index (κ3) is 2.96. The fourth-order valence-electron chi connectivity index (χ4n) is 3.30. The Bertz CT molecular complexity index is 1140. The summed E-state index contributed by atoms with van der Waals surface area (Å²) in [6.07, 6.45) is 1.86. The molecule has 1 aromatic carbocycles. The second kappa shape index (κ2) is 6.76. The third-order valence-corrected chi connectivity index (χ3v) is 4.76. The summed E-state index contributed by atoms with van der Waals surface area (Å²) in [6.45, 7) is 2.43. The summed E-state index contributed by atoms with van der Waals surface area (Å²) in [5.41, 5.74) is 0.646. The van der Waals surface area contributed by atoms with Crippen LogP contribution in [-0.2, 0) is 4.79 Å². The number of rotatable bonds is 4. The largest absolute Gasteiger partial charge is 0.376 e. The summed E-state index contributed by atoms with van der Waals surface area (Å²) in [4.78, 5) is 41.8. The van der Waals surface area contributed by atoms with Gasteiger partial charge in [0, 0.05) is 18.4 Å². The molecular weight excluding hydrogens is 362 g/mol. The first-order chi connectivity index (χ1) is 13.5. The van der Waals surface area contributed by atoms with Crippen LogP contribution in [0.3, 0.4) is 0 Å². The molecule has 1 N–H and O–H groups in total. The first-order valence-corrected chi connectivity index (χ1v) is 8.76. The normalized spacial score (nSPS) is 16.5. The molecule has 1 unspecified atom stereocenters. The van der Waals surface area contributed by atoms with Crippen LogP contribution in [0.5, 0.6) is 0 Å². The van der Waals surface area contributed by atoms with Gasteiger partial charge >= 0.3 is 11.2 Å². The number of aromatic nitrogens is 2. The molecule has 1 atom stereocenters. The molecule has 0 radical (unpaired) electrons. The number of hydrogen-bond donors (Lipinski definition) is 1. The predicted molar refractivity (Wildman–Crippen MR) is 104 cm³/mol. The Morgan fingerprint density at radius 1 is 1.18 bits per heavy atom. The highest BCUT2D eigenvalue weighted by atomic mass is 16.6. The maximum atomic E-state index is 12.8. The van der Waals surface area contributed by atoms with E-state index in [1.54, 1.807) is 23.1 Å². The number of pyridine rings is 1. The second-order valence-corrected chi connectivity index (χ2v) is 6.61. The minimum Gasteiger partial charge on any atom is -0.352 e. The van der Waals surface area contributed by atoms with E-state index >= 15 is 0 Å². The Morgan fingerprint density at radius 3 is 2.64 bits per heavy atom. The molecule has 1 saturated heterocycles. The molecule has 9 nitrogen and oxygen atoms in total. The van der Waals surface area contributed by atoms with Crippen molar-refractivity contribution in [3.05, 3.63) is 74.7 Å². The minimum absolute atomic E-state index is 0.190.